The van der Waals surface area contributed by atoms with Crippen molar-refractivity contribution in [2.24, 2.45) is 5.92 Å². The molecule has 1 amide bonds. The van der Waals surface area contributed by atoms with E-state index in [1.54, 1.807) is 30.3 Å². The van der Waals surface area contributed by atoms with Gasteiger partial charge in [-0.25, -0.2) is 4.39 Å². The molecule has 0 bridgehead atoms. The molecule has 0 unspecified atom stereocenters. The molecule has 1 aliphatic carbocycles. The van der Waals surface area contributed by atoms with Crippen LogP contribution in [0.4, 0.5) is 21.5 Å². The zero-order valence-electron chi connectivity index (χ0n) is 18.8. The summed E-state index contributed by atoms with van der Waals surface area (Å²) in [6.07, 6.45) is 0.644. The Kier molecular flexibility index (Phi) is 6.42. The molecule has 5 atom stereocenters. The Hall–Kier alpha value is -3.10. The minimum absolute atomic E-state index is 0.0465. The van der Waals surface area contributed by atoms with Crippen molar-refractivity contribution < 1.29 is 14.1 Å². The lowest BCUT2D eigenvalue weighted by molar-refractivity contribution is -0.387. The van der Waals surface area contributed by atoms with Crippen molar-refractivity contribution in [1.29, 1.82) is 0 Å². The van der Waals surface area contributed by atoms with Crippen LogP contribution in [-0.4, -0.2) is 21.5 Å². The van der Waals surface area contributed by atoms with E-state index in [4.69, 9.17) is 11.6 Å². The van der Waals surface area contributed by atoms with Gasteiger partial charge in [-0.2, -0.15) is 0 Å². The van der Waals surface area contributed by atoms with Crippen LogP contribution in [0.2, 0.25) is 0 Å². The first-order valence-corrected chi connectivity index (χ1v) is 12.6. The van der Waals surface area contributed by atoms with Crippen molar-refractivity contribution in [2.75, 3.05) is 10.6 Å². The first-order chi connectivity index (χ1) is 16.8. The molecule has 2 N–H and O–H groups in total. The fraction of sp³-hybridized carbons (Fsp3) is 0.269. The number of hydrogen-bond donors (Lipinski definition) is 2. The molecule has 3 aromatic carbocycles. The third kappa shape index (κ3) is 4.48. The molecule has 1 saturated carbocycles. The maximum Gasteiger partial charge on any atom is 0.282 e. The summed E-state index contributed by atoms with van der Waals surface area (Å²) in [5.74, 6) is -0.641. The van der Waals surface area contributed by atoms with E-state index in [0.717, 1.165) is 11.3 Å². The second-order valence-corrected chi connectivity index (χ2v) is 10.7. The number of para-hydroxylation sites is 1. The number of carbonyl (C=O) groups excluding carboxylic acids is 1. The Balaban J connectivity index is 1.56. The average Bonchev–Trinajstić information content (AvgIpc) is 3.15. The van der Waals surface area contributed by atoms with E-state index >= 15 is 0 Å². The molecule has 0 aromatic heterocycles. The van der Waals surface area contributed by atoms with Crippen LogP contribution in [0, 0.1) is 21.8 Å². The minimum Gasteiger partial charge on any atom is -0.378 e. The summed E-state index contributed by atoms with van der Waals surface area (Å²) in [5, 5.41) is 17.4. The molecule has 180 valence electrons. The molecule has 1 heterocycles. The first-order valence-electron chi connectivity index (χ1n) is 11.3. The van der Waals surface area contributed by atoms with E-state index in [-0.39, 0.29) is 50.8 Å². The van der Waals surface area contributed by atoms with Crippen molar-refractivity contribution in [3.63, 3.8) is 0 Å². The molecule has 0 saturated heterocycles. The predicted octanol–water partition coefficient (Wildman–Crippen LogP) is 6.73. The van der Waals surface area contributed by atoms with Crippen LogP contribution in [0.25, 0.3) is 0 Å². The fourth-order valence-electron chi connectivity index (χ4n) is 5.30. The first kappa shape index (κ1) is 23.6. The molecule has 0 radical (unpaired) electrons. The minimum atomic E-state index is -0.383. The van der Waals surface area contributed by atoms with Crippen LogP contribution in [0.5, 0.6) is 0 Å². The number of carbonyl (C=O) groups is 1. The summed E-state index contributed by atoms with van der Waals surface area (Å²) < 4.78 is 14.9. The van der Waals surface area contributed by atoms with Gasteiger partial charge < -0.3 is 10.6 Å². The number of benzene rings is 3. The van der Waals surface area contributed by atoms with Gasteiger partial charge in [-0.05, 0) is 48.2 Å². The number of nitro groups is 1. The lowest BCUT2D eigenvalue weighted by Gasteiger charge is -2.38. The highest BCUT2D eigenvalue weighted by Gasteiger charge is 2.50. The van der Waals surface area contributed by atoms with Crippen molar-refractivity contribution in [2.45, 2.75) is 40.8 Å². The number of amides is 1. The molecule has 35 heavy (non-hydrogen) atoms. The monoisotopic (exact) mass is 511 g/mol. The zero-order chi connectivity index (χ0) is 24.7. The largest absolute Gasteiger partial charge is 0.378 e. The number of rotatable bonds is 5. The van der Waals surface area contributed by atoms with Gasteiger partial charge in [0.25, 0.3) is 5.69 Å². The fourth-order valence-corrected chi connectivity index (χ4v) is 7.25. The molecule has 0 spiro atoms. The van der Waals surface area contributed by atoms with E-state index < -0.39 is 0 Å². The molecule has 1 aliphatic heterocycles. The Bertz CT molecular complexity index is 1310. The van der Waals surface area contributed by atoms with Gasteiger partial charge >= 0.3 is 0 Å². The molecule has 1 fully saturated rings. The SMILES string of the molecule is CC(=O)Nc1ccc2c(c1)[C@H]1[C@@H](Cl)[C@@H](Sc3ccccc3[N+](=O)[O-])C[C@H]1[C@H](c1ccccc1F)N2. The number of nitrogens with zero attached hydrogens (tertiary/aromatic N) is 1. The Labute approximate surface area is 211 Å². The average molecular weight is 512 g/mol. The van der Waals surface area contributed by atoms with E-state index in [1.807, 2.05) is 24.3 Å². The number of fused-ring (bicyclic) bond motifs is 3. The highest BCUT2D eigenvalue weighted by molar-refractivity contribution is 8.00. The molecule has 2 aliphatic rings. The smallest absolute Gasteiger partial charge is 0.282 e. The summed E-state index contributed by atoms with van der Waals surface area (Å²) in [6.45, 7) is 1.45. The van der Waals surface area contributed by atoms with Crippen molar-refractivity contribution >= 4 is 46.3 Å². The van der Waals surface area contributed by atoms with Gasteiger partial charge in [-0.15, -0.1) is 23.4 Å². The Morgan fingerprint density at radius 1 is 1.14 bits per heavy atom. The number of hydrogen-bond acceptors (Lipinski definition) is 5. The summed E-state index contributed by atoms with van der Waals surface area (Å²) in [6, 6.07) is 18.7. The lowest BCUT2D eigenvalue weighted by Crippen LogP contribution is -2.31. The molecular formula is C26H23ClFN3O3S. The number of halogens is 2. The van der Waals surface area contributed by atoms with Gasteiger partial charge in [-0.1, -0.05) is 30.3 Å². The molecule has 3 aromatic rings. The quantitative estimate of drug-likeness (QED) is 0.225. The van der Waals surface area contributed by atoms with Crippen molar-refractivity contribution in [3.8, 4) is 0 Å². The third-order valence-electron chi connectivity index (χ3n) is 6.71. The van der Waals surface area contributed by atoms with Crippen LogP contribution in [0.3, 0.4) is 0 Å². The van der Waals surface area contributed by atoms with Gasteiger partial charge in [0.15, 0.2) is 0 Å². The van der Waals surface area contributed by atoms with Crippen LogP contribution < -0.4 is 10.6 Å². The van der Waals surface area contributed by atoms with Gasteiger partial charge in [0.2, 0.25) is 5.91 Å². The summed E-state index contributed by atoms with van der Waals surface area (Å²) in [4.78, 5) is 23.4. The van der Waals surface area contributed by atoms with Crippen molar-refractivity contribution in [1.82, 2.24) is 0 Å². The number of thioether (sulfide) groups is 1. The highest BCUT2D eigenvalue weighted by atomic mass is 35.5. The molecule has 9 heteroatoms. The Morgan fingerprint density at radius 2 is 1.89 bits per heavy atom. The maximum atomic E-state index is 14.9. The number of nitrogens with one attached hydrogen (secondary N) is 2. The number of anilines is 2. The standard InChI is InChI=1S/C26H23ClFN3O3S/c1-14(32)29-15-10-11-20-17(12-15)24-18(26(30-20)16-6-2-3-7-19(16)28)13-23(25(24)27)35-22-9-5-4-8-21(22)31(33)34/h2-12,18,23-26,30H,13H2,1H3,(H,29,32)/t18-,23+,24-,25+,26+/m1/s1. The third-order valence-corrected chi connectivity index (χ3v) is 8.83. The lowest BCUT2D eigenvalue weighted by atomic mass is 9.77. The van der Waals surface area contributed by atoms with Crippen LogP contribution >= 0.6 is 23.4 Å². The topological polar surface area (TPSA) is 84.3 Å². The van der Waals surface area contributed by atoms with Gasteiger partial charge in [0, 0.05) is 41.1 Å². The van der Waals surface area contributed by atoms with Gasteiger partial charge in [-0.3, -0.25) is 14.9 Å². The predicted molar refractivity (Wildman–Crippen MR) is 137 cm³/mol. The Morgan fingerprint density at radius 3 is 2.63 bits per heavy atom. The summed E-state index contributed by atoms with van der Waals surface area (Å²) >= 11 is 8.52. The maximum absolute atomic E-state index is 14.9. The summed E-state index contributed by atoms with van der Waals surface area (Å²) in [7, 11) is 0. The van der Waals surface area contributed by atoms with E-state index in [2.05, 4.69) is 10.6 Å². The second kappa shape index (κ2) is 9.51. The molecule has 5 rings (SSSR count). The number of alkyl halides is 1. The van der Waals surface area contributed by atoms with Crippen LogP contribution in [-0.2, 0) is 4.79 Å². The zero-order valence-corrected chi connectivity index (χ0v) is 20.4. The van der Waals surface area contributed by atoms with E-state index in [1.165, 1.54) is 30.8 Å². The van der Waals surface area contributed by atoms with Gasteiger partial charge in [0.1, 0.15) is 5.82 Å². The summed E-state index contributed by atoms with van der Waals surface area (Å²) in [5.41, 5.74) is 3.09. The van der Waals surface area contributed by atoms with Gasteiger partial charge in [0.05, 0.1) is 21.2 Å². The molecule has 6 nitrogen and oxygen atoms in total. The van der Waals surface area contributed by atoms with Crippen LogP contribution in [0.15, 0.2) is 71.6 Å². The van der Waals surface area contributed by atoms with Crippen molar-refractivity contribution in [3.05, 3.63) is 93.8 Å². The van der Waals surface area contributed by atoms with E-state index in [0.29, 0.717) is 22.6 Å². The van der Waals surface area contributed by atoms with E-state index in [9.17, 15) is 19.3 Å². The normalized spacial score (nSPS) is 24.7. The van der Waals surface area contributed by atoms with Crippen LogP contribution in [0.1, 0.15) is 36.4 Å². The second-order valence-electron chi connectivity index (χ2n) is 8.88. The molecular weight excluding hydrogens is 489 g/mol. The highest BCUT2D eigenvalue weighted by Crippen LogP contribution is 2.58. The number of nitro benzene ring substituents is 1.